The average Bonchev–Trinajstić information content (AvgIpc) is 3.11. The molecule has 2 amide bonds. The van der Waals surface area contributed by atoms with Gasteiger partial charge in [-0.2, -0.15) is 0 Å². The molecule has 2 aromatic rings. The fraction of sp³-hybridized carbons (Fsp3) is 0.500. The summed E-state index contributed by atoms with van der Waals surface area (Å²) in [5, 5.41) is 15.6. The maximum Gasteiger partial charge on any atom is 0.263 e. The third-order valence-electron chi connectivity index (χ3n) is 3.82. The number of hydrogen-bond acceptors (Lipinski definition) is 7. The quantitative estimate of drug-likeness (QED) is 0.682. The zero-order valence-corrected chi connectivity index (χ0v) is 15.6. The number of aliphatic hydroxyl groups is 1. The number of nitrogens with one attached hydrogen (secondary N) is 2. The van der Waals surface area contributed by atoms with Gasteiger partial charge in [0, 0.05) is 18.5 Å². The molecule has 134 valence electrons. The number of amides is 2. The minimum Gasteiger partial charge on any atom is -0.386 e. The van der Waals surface area contributed by atoms with Crippen LogP contribution < -0.4 is 10.6 Å². The predicted molar refractivity (Wildman–Crippen MR) is 96.1 cm³/mol. The van der Waals surface area contributed by atoms with Crippen molar-refractivity contribution in [3.8, 4) is 0 Å². The van der Waals surface area contributed by atoms with Crippen LogP contribution in [0.5, 0.6) is 0 Å². The molecule has 7 nitrogen and oxygen atoms in total. The summed E-state index contributed by atoms with van der Waals surface area (Å²) in [5.41, 5.74) is 2.60. The van der Waals surface area contributed by atoms with Gasteiger partial charge < -0.3 is 15.7 Å². The number of hydrogen-bond donors (Lipinski definition) is 3. The first-order valence-corrected chi connectivity index (χ1v) is 9.81. The Hall–Kier alpha value is -1.84. The molecule has 3 N–H and O–H groups in total. The topological polar surface area (TPSA) is 104 Å². The summed E-state index contributed by atoms with van der Waals surface area (Å²) in [7, 11) is 0. The van der Waals surface area contributed by atoms with Gasteiger partial charge in [-0.3, -0.25) is 9.59 Å². The molecule has 1 unspecified atom stereocenters. The largest absolute Gasteiger partial charge is 0.386 e. The highest BCUT2D eigenvalue weighted by atomic mass is 32.1. The molecule has 3 rings (SSSR count). The lowest BCUT2D eigenvalue weighted by molar-refractivity contribution is 0.0915. The van der Waals surface area contributed by atoms with Gasteiger partial charge in [0.05, 0.1) is 17.4 Å². The Morgan fingerprint density at radius 2 is 2.08 bits per heavy atom. The Morgan fingerprint density at radius 3 is 2.72 bits per heavy atom. The van der Waals surface area contributed by atoms with Crippen molar-refractivity contribution in [2.45, 2.75) is 44.8 Å². The second-order valence-corrected chi connectivity index (χ2v) is 8.08. The van der Waals surface area contributed by atoms with Crippen molar-refractivity contribution in [2.24, 2.45) is 0 Å². The minimum absolute atomic E-state index is 0.139. The van der Waals surface area contributed by atoms with Gasteiger partial charge in [-0.1, -0.05) is 0 Å². The van der Waals surface area contributed by atoms with E-state index in [9.17, 15) is 14.7 Å². The van der Waals surface area contributed by atoms with Gasteiger partial charge in [0.15, 0.2) is 0 Å². The number of rotatable bonds is 7. The van der Waals surface area contributed by atoms with Crippen LogP contribution in [-0.4, -0.2) is 39.5 Å². The van der Waals surface area contributed by atoms with Gasteiger partial charge in [0.2, 0.25) is 0 Å². The summed E-state index contributed by atoms with van der Waals surface area (Å²) in [4.78, 5) is 33.9. The number of nitrogens with zero attached hydrogens (tertiary/aromatic N) is 2. The van der Waals surface area contributed by atoms with Crippen molar-refractivity contribution in [1.82, 2.24) is 20.6 Å². The van der Waals surface area contributed by atoms with Crippen LogP contribution in [-0.2, 0) is 0 Å². The Balaban J connectivity index is 1.50. The second-order valence-electron chi connectivity index (χ2n) is 6.16. The van der Waals surface area contributed by atoms with Crippen LogP contribution in [0.25, 0.3) is 0 Å². The number of aromatic nitrogens is 2. The van der Waals surface area contributed by atoms with E-state index in [-0.39, 0.29) is 17.9 Å². The molecule has 1 saturated carbocycles. The van der Waals surface area contributed by atoms with Crippen LogP contribution in [0, 0.1) is 0 Å². The lowest BCUT2D eigenvalue weighted by Crippen LogP contribution is -2.41. The van der Waals surface area contributed by atoms with Gasteiger partial charge in [0.25, 0.3) is 11.8 Å². The molecule has 1 fully saturated rings. The Kier molecular flexibility index (Phi) is 5.45. The maximum absolute atomic E-state index is 12.3. The van der Waals surface area contributed by atoms with Gasteiger partial charge in [0.1, 0.15) is 20.9 Å². The smallest absolute Gasteiger partial charge is 0.263 e. The molecule has 2 heterocycles. The minimum atomic E-state index is -0.691. The SMILES string of the molecule is CC(O)c1ncc(C(=O)N[C@H](C)CNC(=O)c2scnc2C2CC2)s1. The van der Waals surface area contributed by atoms with Crippen molar-refractivity contribution in [2.75, 3.05) is 6.54 Å². The highest BCUT2D eigenvalue weighted by Crippen LogP contribution is 2.41. The number of carbonyl (C=O) groups is 2. The molecule has 0 saturated heterocycles. The summed E-state index contributed by atoms with van der Waals surface area (Å²) in [6, 6.07) is -0.231. The number of carbonyl (C=O) groups excluding carboxylic acids is 2. The molecule has 0 bridgehead atoms. The molecule has 1 aliphatic rings. The molecule has 25 heavy (non-hydrogen) atoms. The Morgan fingerprint density at radius 1 is 1.32 bits per heavy atom. The second kappa shape index (κ2) is 7.59. The normalized spacial score (nSPS) is 16.3. The van der Waals surface area contributed by atoms with Crippen LogP contribution in [0.3, 0.4) is 0 Å². The standard InChI is InChI=1S/C16H20N4O3S2/c1-8(20-14(22)11-6-18-16(25-11)9(2)21)5-17-15(23)13-12(10-3-4-10)19-7-24-13/h6-10,21H,3-5H2,1-2H3,(H,17,23)(H,20,22)/t8-,9?/m1/s1. The lowest BCUT2D eigenvalue weighted by Gasteiger charge is -2.14. The van der Waals surface area contributed by atoms with Crippen molar-refractivity contribution in [1.29, 1.82) is 0 Å². The maximum atomic E-state index is 12.3. The fourth-order valence-electron chi connectivity index (χ4n) is 2.33. The number of thiazole rings is 2. The van der Waals surface area contributed by atoms with Gasteiger partial charge >= 0.3 is 0 Å². The third kappa shape index (κ3) is 4.42. The van der Waals surface area contributed by atoms with Gasteiger partial charge in [-0.05, 0) is 26.7 Å². The number of aliphatic hydroxyl groups excluding tert-OH is 1. The van der Waals surface area contributed by atoms with E-state index < -0.39 is 6.10 Å². The lowest BCUT2D eigenvalue weighted by atomic mass is 10.2. The molecular weight excluding hydrogens is 360 g/mol. The van der Waals surface area contributed by atoms with Gasteiger partial charge in [-0.25, -0.2) is 9.97 Å². The van der Waals surface area contributed by atoms with E-state index >= 15 is 0 Å². The van der Waals surface area contributed by atoms with Crippen molar-refractivity contribution in [3.05, 3.63) is 32.2 Å². The molecule has 0 aromatic carbocycles. The summed E-state index contributed by atoms with van der Waals surface area (Å²) in [6.07, 6.45) is 2.95. The molecule has 0 aliphatic heterocycles. The molecule has 0 radical (unpaired) electrons. The van der Waals surface area contributed by atoms with E-state index in [1.807, 2.05) is 6.92 Å². The highest BCUT2D eigenvalue weighted by Gasteiger charge is 2.30. The fourth-order valence-corrected chi connectivity index (χ4v) is 3.88. The van der Waals surface area contributed by atoms with E-state index in [0.29, 0.717) is 27.2 Å². The van der Waals surface area contributed by atoms with E-state index in [1.54, 1.807) is 12.4 Å². The molecule has 0 spiro atoms. The highest BCUT2D eigenvalue weighted by molar-refractivity contribution is 7.13. The van der Waals surface area contributed by atoms with Crippen molar-refractivity contribution < 1.29 is 14.7 Å². The van der Waals surface area contributed by atoms with E-state index in [0.717, 1.165) is 29.9 Å². The molecule has 2 atom stereocenters. The van der Waals surface area contributed by atoms with E-state index in [4.69, 9.17) is 0 Å². The molecule has 1 aliphatic carbocycles. The summed E-state index contributed by atoms with van der Waals surface area (Å²) in [6.45, 7) is 3.76. The zero-order valence-electron chi connectivity index (χ0n) is 14.0. The Bertz CT molecular complexity index is 767. The first-order valence-electron chi connectivity index (χ1n) is 8.12. The zero-order chi connectivity index (χ0) is 18.0. The predicted octanol–water partition coefficient (Wildman–Crippen LogP) is 2.08. The summed E-state index contributed by atoms with van der Waals surface area (Å²) in [5.74, 6) is 0.0286. The molecule has 9 heteroatoms. The van der Waals surface area contributed by atoms with Crippen LogP contribution in [0.15, 0.2) is 11.7 Å². The first kappa shape index (κ1) is 18.0. The average molecular weight is 380 g/mol. The van der Waals surface area contributed by atoms with Crippen LogP contribution in [0.1, 0.15) is 68.8 Å². The molecule has 2 aromatic heterocycles. The van der Waals surface area contributed by atoms with E-state index in [2.05, 4.69) is 20.6 Å². The van der Waals surface area contributed by atoms with Crippen molar-refractivity contribution >= 4 is 34.5 Å². The monoisotopic (exact) mass is 380 g/mol. The van der Waals surface area contributed by atoms with E-state index in [1.165, 1.54) is 17.5 Å². The Labute approximate surface area is 153 Å². The summed E-state index contributed by atoms with van der Waals surface area (Å²) < 4.78 is 0. The van der Waals surface area contributed by atoms with Crippen LogP contribution in [0.2, 0.25) is 0 Å². The summed E-state index contributed by atoms with van der Waals surface area (Å²) >= 11 is 2.51. The third-order valence-corrected chi connectivity index (χ3v) is 5.82. The van der Waals surface area contributed by atoms with Crippen LogP contribution >= 0.6 is 22.7 Å². The van der Waals surface area contributed by atoms with Crippen molar-refractivity contribution in [3.63, 3.8) is 0 Å². The molecular formula is C16H20N4O3S2. The van der Waals surface area contributed by atoms with Crippen LogP contribution in [0.4, 0.5) is 0 Å². The van der Waals surface area contributed by atoms with Gasteiger partial charge in [-0.15, -0.1) is 22.7 Å². The first-order chi connectivity index (χ1) is 12.0.